The van der Waals surface area contributed by atoms with E-state index in [0.717, 1.165) is 49.9 Å². The number of nitrogens with one attached hydrogen (secondary N) is 2. The average molecular weight is 290 g/mol. The first-order chi connectivity index (χ1) is 10.3. The highest BCUT2D eigenvalue weighted by Gasteiger charge is 2.28. The molecule has 2 fully saturated rings. The molecule has 2 unspecified atom stereocenters. The predicted octanol–water partition coefficient (Wildman–Crippen LogP) is 3.16. The van der Waals surface area contributed by atoms with Gasteiger partial charge in [0.15, 0.2) is 0 Å². The molecule has 5 heteroatoms. The first-order valence-electron chi connectivity index (χ1n) is 8.27. The van der Waals surface area contributed by atoms with Crippen molar-refractivity contribution in [2.75, 3.05) is 23.8 Å². The highest BCUT2D eigenvalue weighted by Crippen LogP contribution is 2.39. The van der Waals surface area contributed by atoms with Crippen molar-refractivity contribution in [1.82, 2.24) is 9.97 Å². The molecule has 1 saturated heterocycles. The van der Waals surface area contributed by atoms with E-state index in [4.69, 9.17) is 9.72 Å². The molecule has 0 spiro atoms. The van der Waals surface area contributed by atoms with Crippen LogP contribution in [-0.4, -0.2) is 35.3 Å². The summed E-state index contributed by atoms with van der Waals surface area (Å²) in [4.78, 5) is 9.34. The standard InChI is InChI=1S/C16H26N4O/c1-3-8-17-14-10-15(20-16(19-14)12-6-7-12)18-11(2)13-5-4-9-21-13/h10-13H,3-9H2,1-2H3,(H2,17,18,19,20). The fourth-order valence-electron chi connectivity index (χ4n) is 2.73. The largest absolute Gasteiger partial charge is 0.376 e. The Labute approximate surface area is 126 Å². The molecule has 2 atom stereocenters. The van der Waals surface area contributed by atoms with Crippen LogP contribution in [-0.2, 0) is 4.74 Å². The lowest BCUT2D eigenvalue weighted by molar-refractivity contribution is 0.0995. The lowest BCUT2D eigenvalue weighted by Crippen LogP contribution is -2.30. The van der Waals surface area contributed by atoms with E-state index in [-0.39, 0.29) is 6.04 Å². The zero-order chi connectivity index (χ0) is 14.7. The Balaban J connectivity index is 1.71. The second-order valence-electron chi connectivity index (χ2n) is 6.18. The molecular formula is C16H26N4O. The van der Waals surface area contributed by atoms with E-state index in [1.165, 1.54) is 12.8 Å². The Kier molecular flexibility index (Phi) is 4.58. The first-order valence-corrected chi connectivity index (χ1v) is 8.27. The van der Waals surface area contributed by atoms with Gasteiger partial charge in [0.25, 0.3) is 0 Å². The zero-order valence-electron chi connectivity index (χ0n) is 13.1. The topological polar surface area (TPSA) is 59.1 Å². The third-order valence-electron chi connectivity index (χ3n) is 4.14. The van der Waals surface area contributed by atoms with Crippen molar-refractivity contribution >= 4 is 11.6 Å². The maximum atomic E-state index is 5.75. The van der Waals surface area contributed by atoms with Crippen molar-refractivity contribution in [3.63, 3.8) is 0 Å². The summed E-state index contributed by atoms with van der Waals surface area (Å²) in [7, 11) is 0. The summed E-state index contributed by atoms with van der Waals surface area (Å²) in [5.41, 5.74) is 0. The number of hydrogen-bond acceptors (Lipinski definition) is 5. The minimum absolute atomic E-state index is 0.286. The van der Waals surface area contributed by atoms with Crippen LogP contribution in [0.15, 0.2) is 6.07 Å². The number of anilines is 2. The first kappa shape index (κ1) is 14.6. The molecule has 1 aromatic heterocycles. The highest BCUT2D eigenvalue weighted by atomic mass is 16.5. The van der Waals surface area contributed by atoms with Crippen LogP contribution in [0.1, 0.15) is 57.7 Å². The maximum absolute atomic E-state index is 5.75. The van der Waals surface area contributed by atoms with E-state index in [9.17, 15) is 0 Å². The van der Waals surface area contributed by atoms with Gasteiger partial charge in [-0.15, -0.1) is 0 Å². The van der Waals surface area contributed by atoms with E-state index in [0.29, 0.717) is 12.0 Å². The smallest absolute Gasteiger partial charge is 0.136 e. The van der Waals surface area contributed by atoms with Crippen LogP contribution >= 0.6 is 0 Å². The van der Waals surface area contributed by atoms with Gasteiger partial charge in [-0.1, -0.05) is 6.92 Å². The number of rotatable bonds is 7. The normalized spacial score (nSPS) is 23.0. The maximum Gasteiger partial charge on any atom is 0.136 e. The van der Waals surface area contributed by atoms with Crippen molar-refractivity contribution in [3.05, 3.63) is 11.9 Å². The summed E-state index contributed by atoms with van der Waals surface area (Å²) in [6, 6.07) is 2.31. The fraction of sp³-hybridized carbons (Fsp3) is 0.750. The molecule has 2 aliphatic rings. The van der Waals surface area contributed by atoms with Gasteiger partial charge in [0.05, 0.1) is 12.1 Å². The Morgan fingerprint density at radius 1 is 1.29 bits per heavy atom. The van der Waals surface area contributed by atoms with E-state index < -0.39 is 0 Å². The van der Waals surface area contributed by atoms with Crippen molar-refractivity contribution < 1.29 is 4.74 Å². The predicted molar refractivity (Wildman–Crippen MR) is 84.8 cm³/mol. The fourth-order valence-corrected chi connectivity index (χ4v) is 2.73. The SMILES string of the molecule is CCCNc1cc(NC(C)C2CCCO2)nc(C2CC2)n1. The summed E-state index contributed by atoms with van der Waals surface area (Å²) in [6.45, 7) is 6.17. The Bertz CT molecular complexity index is 469. The van der Waals surface area contributed by atoms with Crippen LogP contribution < -0.4 is 10.6 Å². The van der Waals surface area contributed by atoms with E-state index >= 15 is 0 Å². The van der Waals surface area contributed by atoms with Gasteiger partial charge in [-0.05, 0) is 39.0 Å². The molecular weight excluding hydrogens is 264 g/mol. The average Bonchev–Trinajstić information content (AvgIpc) is 3.19. The number of ether oxygens (including phenoxy) is 1. The molecule has 0 amide bonds. The lowest BCUT2D eigenvalue weighted by Gasteiger charge is -2.21. The summed E-state index contributed by atoms with van der Waals surface area (Å²) in [6.07, 6.45) is 6.14. The van der Waals surface area contributed by atoms with Gasteiger partial charge in [0, 0.05) is 25.1 Å². The van der Waals surface area contributed by atoms with Gasteiger partial charge in [-0.25, -0.2) is 9.97 Å². The second kappa shape index (κ2) is 6.60. The van der Waals surface area contributed by atoms with Crippen LogP contribution in [0.3, 0.4) is 0 Å². The van der Waals surface area contributed by atoms with Gasteiger partial charge < -0.3 is 15.4 Å². The van der Waals surface area contributed by atoms with Gasteiger partial charge in [-0.3, -0.25) is 0 Å². The van der Waals surface area contributed by atoms with Crippen LogP contribution in [0.25, 0.3) is 0 Å². The summed E-state index contributed by atoms with van der Waals surface area (Å²) in [5, 5.41) is 6.89. The van der Waals surface area contributed by atoms with Gasteiger partial charge in [-0.2, -0.15) is 0 Å². The monoisotopic (exact) mass is 290 g/mol. The highest BCUT2D eigenvalue weighted by molar-refractivity contribution is 5.48. The molecule has 116 valence electrons. The summed E-state index contributed by atoms with van der Waals surface area (Å²) in [5.74, 6) is 3.41. The van der Waals surface area contributed by atoms with E-state index in [1.54, 1.807) is 0 Å². The van der Waals surface area contributed by atoms with Crippen molar-refractivity contribution in [3.8, 4) is 0 Å². The quantitative estimate of drug-likeness (QED) is 0.808. The Morgan fingerprint density at radius 3 is 2.76 bits per heavy atom. The minimum Gasteiger partial charge on any atom is -0.376 e. The second-order valence-corrected chi connectivity index (χ2v) is 6.18. The molecule has 0 radical (unpaired) electrons. The van der Waals surface area contributed by atoms with Crippen molar-refractivity contribution in [2.45, 2.75) is 64.0 Å². The summed E-state index contributed by atoms with van der Waals surface area (Å²) >= 11 is 0. The number of hydrogen-bond donors (Lipinski definition) is 2. The minimum atomic E-state index is 0.286. The summed E-state index contributed by atoms with van der Waals surface area (Å²) < 4.78 is 5.75. The molecule has 1 aliphatic heterocycles. The van der Waals surface area contributed by atoms with Crippen molar-refractivity contribution in [2.24, 2.45) is 0 Å². The number of nitrogens with zero attached hydrogens (tertiary/aromatic N) is 2. The van der Waals surface area contributed by atoms with Crippen molar-refractivity contribution in [1.29, 1.82) is 0 Å². The lowest BCUT2D eigenvalue weighted by atomic mass is 10.1. The molecule has 1 aromatic rings. The van der Waals surface area contributed by atoms with Crippen LogP contribution in [0.5, 0.6) is 0 Å². The molecule has 2 N–H and O–H groups in total. The van der Waals surface area contributed by atoms with E-state index in [1.807, 2.05) is 6.07 Å². The van der Waals surface area contributed by atoms with Gasteiger partial charge in [0.2, 0.25) is 0 Å². The molecule has 3 rings (SSSR count). The molecule has 1 saturated carbocycles. The van der Waals surface area contributed by atoms with E-state index in [2.05, 4.69) is 29.5 Å². The Morgan fingerprint density at radius 2 is 2.10 bits per heavy atom. The number of aromatic nitrogens is 2. The molecule has 5 nitrogen and oxygen atoms in total. The third-order valence-corrected chi connectivity index (χ3v) is 4.14. The van der Waals surface area contributed by atoms with Crippen LogP contribution in [0.2, 0.25) is 0 Å². The van der Waals surface area contributed by atoms with Crippen LogP contribution in [0.4, 0.5) is 11.6 Å². The molecule has 1 aliphatic carbocycles. The molecule has 0 aromatic carbocycles. The Hall–Kier alpha value is -1.36. The zero-order valence-corrected chi connectivity index (χ0v) is 13.1. The van der Waals surface area contributed by atoms with Gasteiger partial charge in [0.1, 0.15) is 17.5 Å². The van der Waals surface area contributed by atoms with Crippen LogP contribution in [0, 0.1) is 0 Å². The third kappa shape index (κ3) is 3.84. The molecule has 2 heterocycles. The van der Waals surface area contributed by atoms with Gasteiger partial charge >= 0.3 is 0 Å². The molecule has 21 heavy (non-hydrogen) atoms. The molecule has 0 bridgehead atoms.